The molecule has 1 nitrogen and oxygen atoms in total. The third-order valence-corrected chi connectivity index (χ3v) is 2.11. The molecule has 1 rings (SSSR count). The molecule has 0 bridgehead atoms. The lowest BCUT2D eigenvalue weighted by Gasteiger charge is -2.11. The predicted octanol–water partition coefficient (Wildman–Crippen LogP) is 2.22. The first-order valence-corrected chi connectivity index (χ1v) is 4.50. The van der Waals surface area contributed by atoms with Crippen molar-refractivity contribution in [3.63, 3.8) is 0 Å². The van der Waals surface area contributed by atoms with Crippen molar-refractivity contribution in [2.75, 3.05) is 0 Å². The minimum atomic E-state index is -0.450. The van der Waals surface area contributed by atoms with Crippen LogP contribution in [0.3, 0.4) is 0 Å². The fourth-order valence-corrected chi connectivity index (χ4v) is 1.11. The zero-order chi connectivity index (χ0) is 8.97. The number of hydrogen-bond acceptors (Lipinski definition) is 1. The van der Waals surface area contributed by atoms with Crippen LogP contribution in [0.5, 0.6) is 0 Å². The van der Waals surface area contributed by atoms with Crippen molar-refractivity contribution < 1.29 is 5.11 Å². The van der Waals surface area contributed by atoms with Gasteiger partial charge in [0.2, 0.25) is 0 Å². The van der Waals surface area contributed by atoms with E-state index in [1.165, 1.54) is 0 Å². The summed E-state index contributed by atoms with van der Waals surface area (Å²) in [6.45, 7) is 1.80. The SMILES string of the molecule is C[C@@H](Cl)[C@H](O)Cc1ccccc1. The third-order valence-electron chi connectivity index (χ3n) is 1.82. The van der Waals surface area contributed by atoms with Gasteiger partial charge in [-0.1, -0.05) is 30.3 Å². The van der Waals surface area contributed by atoms with E-state index in [1.807, 2.05) is 30.3 Å². The summed E-state index contributed by atoms with van der Waals surface area (Å²) >= 11 is 5.73. The van der Waals surface area contributed by atoms with Gasteiger partial charge in [0.05, 0.1) is 11.5 Å². The summed E-state index contributed by atoms with van der Waals surface area (Å²) in [6, 6.07) is 9.85. The van der Waals surface area contributed by atoms with Crippen LogP contribution in [0.2, 0.25) is 0 Å². The van der Waals surface area contributed by atoms with Gasteiger partial charge in [-0.2, -0.15) is 0 Å². The van der Waals surface area contributed by atoms with E-state index in [9.17, 15) is 5.11 Å². The summed E-state index contributed by atoms with van der Waals surface area (Å²) in [5.74, 6) is 0. The lowest BCUT2D eigenvalue weighted by molar-refractivity contribution is 0.174. The summed E-state index contributed by atoms with van der Waals surface area (Å²) in [4.78, 5) is 0. The van der Waals surface area contributed by atoms with E-state index in [2.05, 4.69) is 0 Å². The lowest BCUT2D eigenvalue weighted by Crippen LogP contribution is -2.20. The standard InChI is InChI=1S/C10H13ClO/c1-8(11)10(12)7-9-5-3-2-4-6-9/h2-6,8,10,12H,7H2,1H3/t8-,10-/m1/s1. The Morgan fingerprint density at radius 3 is 2.42 bits per heavy atom. The number of aliphatic hydroxyl groups is 1. The van der Waals surface area contributed by atoms with Gasteiger partial charge in [0.1, 0.15) is 0 Å². The molecule has 0 unspecified atom stereocenters. The van der Waals surface area contributed by atoms with Crippen LogP contribution in [0.15, 0.2) is 30.3 Å². The second-order valence-electron chi connectivity index (χ2n) is 2.93. The molecule has 0 spiro atoms. The van der Waals surface area contributed by atoms with Crippen molar-refractivity contribution >= 4 is 11.6 Å². The molecular weight excluding hydrogens is 172 g/mol. The van der Waals surface area contributed by atoms with Crippen molar-refractivity contribution in [2.24, 2.45) is 0 Å². The second-order valence-corrected chi connectivity index (χ2v) is 3.62. The van der Waals surface area contributed by atoms with Crippen molar-refractivity contribution in [3.8, 4) is 0 Å². The van der Waals surface area contributed by atoms with E-state index in [0.717, 1.165) is 5.56 Å². The molecule has 0 fully saturated rings. The first kappa shape index (κ1) is 9.56. The molecule has 0 saturated heterocycles. The van der Waals surface area contributed by atoms with Crippen LogP contribution in [-0.4, -0.2) is 16.6 Å². The van der Waals surface area contributed by atoms with Crippen LogP contribution in [0.1, 0.15) is 12.5 Å². The van der Waals surface area contributed by atoms with E-state index in [4.69, 9.17) is 11.6 Å². The van der Waals surface area contributed by atoms with Crippen LogP contribution in [0, 0.1) is 0 Å². The molecule has 66 valence electrons. The number of halogens is 1. The molecule has 0 aromatic heterocycles. The smallest absolute Gasteiger partial charge is 0.0741 e. The molecule has 1 aromatic carbocycles. The van der Waals surface area contributed by atoms with Crippen LogP contribution in [0.25, 0.3) is 0 Å². The average molecular weight is 185 g/mol. The van der Waals surface area contributed by atoms with Gasteiger partial charge in [-0.25, -0.2) is 0 Å². The van der Waals surface area contributed by atoms with Crippen LogP contribution in [-0.2, 0) is 6.42 Å². The van der Waals surface area contributed by atoms with Gasteiger partial charge < -0.3 is 5.11 Å². The molecule has 2 atom stereocenters. The van der Waals surface area contributed by atoms with E-state index in [0.29, 0.717) is 6.42 Å². The van der Waals surface area contributed by atoms with Crippen molar-refractivity contribution in [2.45, 2.75) is 24.8 Å². The molecule has 0 heterocycles. The Labute approximate surface area is 78.0 Å². The molecule has 12 heavy (non-hydrogen) atoms. The van der Waals surface area contributed by atoms with Crippen molar-refractivity contribution in [1.82, 2.24) is 0 Å². The molecule has 1 N–H and O–H groups in total. The fraction of sp³-hybridized carbons (Fsp3) is 0.400. The summed E-state index contributed by atoms with van der Waals surface area (Å²) in [7, 11) is 0. The maximum atomic E-state index is 9.45. The van der Waals surface area contributed by atoms with Gasteiger partial charge in [0, 0.05) is 0 Å². The highest BCUT2D eigenvalue weighted by Gasteiger charge is 2.10. The highest BCUT2D eigenvalue weighted by molar-refractivity contribution is 6.20. The van der Waals surface area contributed by atoms with Crippen LogP contribution >= 0.6 is 11.6 Å². The Kier molecular flexibility index (Phi) is 3.57. The summed E-state index contributed by atoms with van der Waals surface area (Å²) in [6.07, 6.45) is 0.181. The van der Waals surface area contributed by atoms with Gasteiger partial charge in [0.15, 0.2) is 0 Å². The number of hydrogen-bond donors (Lipinski definition) is 1. The topological polar surface area (TPSA) is 20.2 Å². The van der Waals surface area contributed by atoms with Gasteiger partial charge in [-0.05, 0) is 18.9 Å². The molecule has 1 aromatic rings. The summed E-state index contributed by atoms with van der Waals surface area (Å²) in [5.41, 5.74) is 1.12. The monoisotopic (exact) mass is 184 g/mol. The Balaban J connectivity index is 2.53. The Morgan fingerprint density at radius 2 is 1.92 bits per heavy atom. The van der Waals surface area contributed by atoms with Gasteiger partial charge in [-0.3, -0.25) is 0 Å². The van der Waals surface area contributed by atoms with Crippen LogP contribution < -0.4 is 0 Å². The van der Waals surface area contributed by atoms with Gasteiger partial charge >= 0.3 is 0 Å². The van der Waals surface area contributed by atoms with Gasteiger partial charge in [-0.15, -0.1) is 11.6 Å². The summed E-state index contributed by atoms with van der Waals surface area (Å²) < 4.78 is 0. The normalized spacial score (nSPS) is 15.6. The fourth-order valence-electron chi connectivity index (χ4n) is 1.02. The van der Waals surface area contributed by atoms with E-state index in [-0.39, 0.29) is 5.38 Å². The Hall–Kier alpha value is -0.530. The molecular formula is C10H13ClO. The second kappa shape index (κ2) is 4.48. The molecule has 0 amide bonds. The molecule has 0 aliphatic carbocycles. The van der Waals surface area contributed by atoms with Gasteiger partial charge in [0.25, 0.3) is 0 Å². The maximum Gasteiger partial charge on any atom is 0.0741 e. The van der Waals surface area contributed by atoms with Crippen molar-refractivity contribution in [1.29, 1.82) is 0 Å². The minimum Gasteiger partial charge on any atom is -0.391 e. The lowest BCUT2D eigenvalue weighted by atomic mass is 10.1. The Morgan fingerprint density at radius 1 is 1.33 bits per heavy atom. The van der Waals surface area contributed by atoms with E-state index < -0.39 is 6.10 Å². The molecule has 2 heteroatoms. The van der Waals surface area contributed by atoms with E-state index >= 15 is 0 Å². The first-order chi connectivity index (χ1) is 5.70. The number of benzene rings is 1. The molecule has 0 radical (unpaired) electrons. The minimum absolute atomic E-state index is 0.190. The average Bonchev–Trinajstić information content (AvgIpc) is 2.06. The Bertz CT molecular complexity index is 221. The maximum absolute atomic E-state index is 9.45. The zero-order valence-electron chi connectivity index (χ0n) is 7.07. The molecule has 0 aliphatic rings. The highest BCUT2D eigenvalue weighted by Crippen LogP contribution is 2.09. The van der Waals surface area contributed by atoms with Crippen LogP contribution in [0.4, 0.5) is 0 Å². The zero-order valence-corrected chi connectivity index (χ0v) is 7.83. The number of alkyl halides is 1. The van der Waals surface area contributed by atoms with Crippen molar-refractivity contribution in [3.05, 3.63) is 35.9 Å². The predicted molar refractivity (Wildman–Crippen MR) is 51.5 cm³/mol. The number of aliphatic hydroxyl groups excluding tert-OH is 1. The first-order valence-electron chi connectivity index (χ1n) is 4.06. The highest BCUT2D eigenvalue weighted by atomic mass is 35.5. The third kappa shape index (κ3) is 2.84. The largest absolute Gasteiger partial charge is 0.391 e. The quantitative estimate of drug-likeness (QED) is 0.715. The summed E-state index contributed by atoms with van der Waals surface area (Å²) in [5, 5.41) is 9.26. The molecule has 0 aliphatic heterocycles. The van der Waals surface area contributed by atoms with E-state index in [1.54, 1.807) is 6.92 Å². The number of rotatable bonds is 3. The molecule has 0 saturated carbocycles.